The van der Waals surface area contributed by atoms with Crippen LogP contribution in [0.15, 0.2) is 46.9 Å². The summed E-state index contributed by atoms with van der Waals surface area (Å²) >= 11 is 1.67. The van der Waals surface area contributed by atoms with Gasteiger partial charge in [0.25, 0.3) is 0 Å². The summed E-state index contributed by atoms with van der Waals surface area (Å²) in [7, 11) is 5.82. The van der Waals surface area contributed by atoms with Gasteiger partial charge in [-0.25, -0.2) is 4.98 Å². The van der Waals surface area contributed by atoms with Gasteiger partial charge in [0, 0.05) is 50.4 Å². The number of nitrogens with zero attached hydrogens (tertiary/aromatic N) is 5. The zero-order valence-corrected chi connectivity index (χ0v) is 18.0. The van der Waals surface area contributed by atoms with Gasteiger partial charge in [-0.2, -0.15) is 5.10 Å². The highest BCUT2D eigenvalue weighted by molar-refractivity contribution is 7.13. The van der Waals surface area contributed by atoms with Gasteiger partial charge in [-0.3, -0.25) is 9.67 Å². The van der Waals surface area contributed by atoms with Gasteiger partial charge in [-0.05, 0) is 5.92 Å². The molecule has 0 saturated carbocycles. The van der Waals surface area contributed by atoms with Crippen LogP contribution in [-0.2, 0) is 20.1 Å². The van der Waals surface area contributed by atoms with E-state index in [4.69, 9.17) is 4.98 Å². The van der Waals surface area contributed by atoms with Gasteiger partial charge in [-0.15, -0.1) is 11.3 Å². The maximum absolute atomic E-state index is 4.74. The van der Waals surface area contributed by atoms with Gasteiger partial charge in [0.05, 0.1) is 17.9 Å². The molecule has 0 spiro atoms. The van der Waals surface area contributed by atoms with Crippen molar-refractivity contribution in [1.82, 2.24) is 25.0 Å². The molecule has 3 aromatic rings. The van der Waals surface area contributed by atoms with E-state index in [1.54, 1.807) is 11.3 Å². The molecule has 28 heavy (non-hydrogen) atoms. The summed E-state index contributed by atoms with van der Waals surface area (Å²) < 4.78 is 1.88. The maximum atomic E-state index is 4.74. The first-order valence-corrected chi connectivity index (χ1v) is 10.3. The molecule has 1 aromatic carbocycles. The molecule has 0 aliphatic rings. The summed E-state index contributed by atoms with van der Waals surface area (Å²) in [4.78, 5) is 11.3. The van der Waals surface area contributed by atoms with Crippen LogP contribution in [0.25, 0.3) is 10.6 Å². The minimum atomic E-state index is 0.394. The highest BCUT2D eigenvalue weighted by Crippen LogP contribution is 2.23. The van der Waals surface area contributed by atoms with E-state index >= 15 is 0 Å². The number of benzene rings is 1. The Balaban J connectivity index is 1.63. The summed E-state index contributed by atoms with van der Waals surface area (Å²) in [5.74, 6) is 1.24. The molecular formula is C21H28N6S. The van der Waals surface area contributed by atoms with Crippen LogP contribution in [0.5, 0.6) is 0 Å². The Morgan fingerprint density at radius 2 is 2.04 bits per heavy atom. The molecule has 0 radical (unpaired) electrons. The normalized spacial score (nSPS) is 11.9. The average molecular weight is 397 g/mol. The molecule has 7 heteroatoms. The number of aromatic nitrogens is 3. The molecule has 1 N–H and O–H groups in total. The second-order valence-electron chi connectivity index (χ2n) is 7.13. The third-order valence-electron chi connectivity index (χ3n) is 4.47. The molecule has 0 amide bonds. The number of aliphatic imine (C=N–C) groups is 1. The van der Waals surface area contributed by atoms with Crippen LogP contribution < -0.4 is 5.32 Å². The van der Waals surface area contributed by atoms with Crippen LogP contribution in [0.1, 0.15) is 36.7 Å². The van der Waals surface area contributed by atoms with E-state index in [2.05, 4.69) is 57.9 Å². The van der Waals surface area contributed by atoms with Gasteiger partial charge in [0.15, 0.2) is 5.96 Å². The van der Waals surface area contributed by atoms with Crippen LogP contribution in [0.4, 0.5) is 0 Å². The van der Waals surface area contributed by atoms with Gasteiger partial charge >= 0.3 is 0 Å². The maximum Gasteiger partial charge on any atom is 0.194 e. The van der Waals surface area contributed by atoms with Crippen molar-refractivity contribution in [3.05, 3.63) is 58.9 Å². The highest BCUT2D eigenvalue weighted by Gasteiger charge is 2.15. The lowest BCUT2D eigenvalue weighted by Gasteiger charge is -2.22. The van der Waals surface area contributed by atoms with Crippen LogP contribution in [0.3, 0.4) is 0 Å². The second kappa shape index (κ2) is 9.01. The third-order valence-corrected chi connectivity index (χ3v) is 5.41. The molecule has 6 nitrogen and oxygen atoms in total. The minimum Gasteiger partial charge on any atom is -0.351 e. The topological polar surface area (TPSA) is 58.3 Å². The molecule has 0 bridgehead atoms. The van der Waals surface area contributed by atoms with Crippen LogP contribution in [-0.4, -0.2) is 39.7 Å². The Kier molecular flexibility index (Phi) is 6.46. The Hall–Kier alpha value is -2.67. The summed E-state index contributed by atoms with van der Waals surface area (Å²) in [5.41, 5.74) is 4.53. The van der Waals surface area contributed by atoms with Gasteiger partial charge in [0.1, 0.15) is 5.01 Å². The quantitative estimate of drug-likeness (QED) is 0.507. The fourth-order valence-electron chi connectivity index (χ4n) is 3.15. The fourth-order valence-corrected chi connectivity index (χ4v) is 3.97. The van der Waals surface area contributed by atoms with E-state index < -0.39 is 0 Å². The van der Waals surface area contributed by atoms with Crippen LogP contribution in [0.2, 0.25) is 0 Å². The number of rotatable bonds is 6. The lowest BCUT2D eigenvalue weighted by Crippen LogP contribution is -2.38. The van der Waals surface area contributed by atoms with Crippen molar-refractivity contribution in [2.45, 2.75) is 32.9 Å². The molecule has 0 aliphatic carbocycles. The molecule has 2 heterocycles. The molecule has 0 saturated heterocycles. The number of guanidine groups is 1. The zero-order chi connectivity index (χ0) is 20.1. The predicted octanol–water partition coefficient (Wildman–Crippen LogP) is 3.87. The molecule has 0 aliphatic heterocycles. The lowest BCUT2D eigenvalue weighted by atomic mass is 10.1. The van der Waals surface area contributed by atoms with Crippen molar-refractivity contribution < 1.29 is 0 Å². The third kappa shape index (κ3) is 4.78. The van der Waals surface area contributed by atoms with E-state index in [0.29, 0.717) is 12.5 Å². The number of nitrogens with one attached hydrogen (secondary N) is 1. The van der Waals surface area contributed by atoms with Crippen molar-refractivity contribution >= 4 is 17.3 Å². The SMILES string of the molecule is CN=C(NCc1csc(-c2ccccc2)n1)N(C)Cc1cn(C)nc1C(C)C. The molecule has 2 aromatic heterocycles. The van der Waals surface area contributed by atoms with Crippen molar-refractivity contribution in [3.8, 4) is 10.6 Å². The monoisotopic (exact) mass is 396 g/mol. The predicted molar refractivity (Wildman–Crippen MR) is 117 cm³/mol. The second-order valence-corrected chi connectivity index (χ2v) is 7.99. The molecule has 3 rings (SSSR count). The van der Waals surface area contributed by atoms with Gasteiger partial charge < -0.3 is 10.2 Å². The molecule has 0 atom stereocenters. The van der Waals surface area contributed by atoms with E-state index in [9.17, 15) is 0 Å². The Labute approximate surface area is 171 Å². The molecule has 0 fully saturated rings. The Morgan fingerprint density at radius 3 is 2.71 bits per heavy atom. The van der Waals surface area contributed by atoms with Crippen LogP contribution >= 0.6 is 11.3 Å². The standard InChI is InChI=1S/C21H28N6S/c1-15(2)19-17(13-27(5)25-19)12-26(4)21(22-3)23-11-18-14-28-20(24-18)16-9-7-6-8-10-16/h6-10,13-15H,11-12H2,1-5H3,(H,22,23). The first kappa shape index (κ1) is 20.1. The van der Waals surface area contributed by atoms with Gasteiger partial charge in [0.2, 0.25) is 0 Å². The lowest BCUT2D eigenvalue weighted by molar-refractivity contribution is 0.473. The van der Waals surface area contributed by atoms with E-state index in [1.165, 1.54) is 5.56 Å². The van der Waals surface area contributed by atoms with E-state index in [1.807, 2.05) is 44.0 Å². The van der Waals surface area contributed by atoms with Gasteiger partial charge in [-0.1, -0.05) is 44.2 Å². The Morgan fingerprint density at radius 1 is 1.29 bits per heavy atom. The van der Waals surface area contributed by atoms with E-state index in [0.717, 1.165) is 34.5 Å². The summed E-state index contributed by atoms with van der Waals surface area (Å²) in [6.07, 6.45) is 2.09. The zero-order valence-electron chi connectivity index (χ0n) is 17.2. The smallest absolute Gasteiger partial charge is 0.194 e. The average Bonchev–Trinajstić information content (AvgIpc) is 3.29. The first-order valence-electron chi connectivity index (χ1n) is 9.42. The highest BCUT2D eigenvalue weighted by atomic mass is 32.1. The van der Waals surface area contributed by atoms with E-state index in [-0.39, 0.29) is 0 Å². The number of aryl methyl sites for hydroxylation is 1. The number of thiazole rings is 1. The van der Waals surface area contributed by atoms with Crippen molar-refractivity contribution in [1.29, 1.82) is 0 Å². The first-order chi connectivity index (χ1) is 13.5. The summed E-state index contributed by atoms with van der Waals surface area (Å²) in [6, 6.07) is 10.3. The minimum absolute atomic E-state index is 0.394. The van der Waals surface area contributed by atoms with Crippen molar-refractivity contribution in [3.63, 3.8) is 0 Å². The van der Waals surface area contributed by atoms with Crippen molar-refractivity contribution in [2.75, 3.05) is 14.1 Å². The van der Waals surface area contributed by atoms with Crippen molar-refractivity contribution in [2.24, 2.45) is 12.0 Å². The summed E-state index contributed by atoms with van der Waals surface area (Å²) in [6.45, 7) is 5.74. The van der Waals surface area contributed by atoms with Crippen LogP contribution in [0, 0.1) is 0 Å². The summed E-state index contributed by atoms with van der Waals surface area (Å²) in [5, 5.41) is 11.2. The molecular weight excluding hydrogens is 368 g/mol. The molecule has 148 valence electrons. The fraction of sp³-hybridized carbons (Fsp3) is 0.381. The number of hydrogen-bond donors (Lipinski definition) is 1. The largest absolute Gasteiger partial charge is 0.351 e. The molecule has 0 unspecified atom stereocenters. The Bertz CT molecular complexity index is 926. The number of hydrogen-bond acceptors (Lipinski definition) is 4.